The molecule has 1 N–H and O–H groups in total. The predicted octanol–water partition coefficient (Wildman–Crippen LogP) is 7.82. The van der Waals surface area contributed by atoms with Gasteiger partial charge in [-0.1, -0.05) is 79.6 Å². The number of ether oxygens (including phenoxy) is 3. The van der Waals surface area contributed by atoms with E-state index < -0.39 is 0 Å². The van der Waals surface area contributed by atoms with Crippen LogP contribution >= 0.6 is 0 Å². The first-order chi connectivity index (χ1) is 25.0. The number of benzene rings is 4. The van der Waals surface area contributed by atoms with Gasteiger partial charge in [-0.15, -0.1) is 0 Å². The number of aliphatic hydroxyl groups is 1. The Morgan fingerprint density at radius 1 is 0.673 bits per heavy atom. The van der Waals surface area contributed by atoms with E-state index in [0.717, 1.165) is 60.7 Å². The molecule has 7 nitrogen and oxygen atoms in total. The summed E-state index contributed by atoms with van der Waals surface area (Å²) in [6, 6.07) is 30.3. The Balaban J connectivity index is 0.000000280. The van der Waals surface area contributed by atoms with E-state index in [1.165, 1.54) is 5.56 Å². The number of carbonyl (C=O) groups excluding carboxylic acids is 2. The van der Waals surface area contributed by atoms with Gasteiger partial charge in [0.15, 0.2) is 0 Å². The number of hydrogen-bond acceptors (Lipinski definition) is 7. The highest BCUT2D eigenvalue weighted by molar-refractivity contribution is 5.90. The minimum Gasteiger partial charge on any atom is -0.462 e. The van der Waals surface area contributed by atoms with Gasteiger partial charge in [0.1, 0.15) is 0 Å². The summed E-state index contributed by atoms with van der Waals surface area (Å²) in [7, 11) is 0. The van der Waals surface area contributed by atoms with Crippen LogP contribution in [0.1, 0.15) is 75.4 Å². The van der Waals surface area contributed by atoms with E-state index in [9.17, 15) is 9.59 Å². The van der Waals surface area contributed by atoms with Crippen LogP contribution in [0.2, 0.25) is 0 Å². The summed E-state index contributed by atoms with van der Waals surface area (Å²) in [5.41, 5.74) is 7.10. The van der Waals surface area contributed by atoms with Crippen LogP contribution in [-0.4, -0.2) is 61.5 Å². The molecule has 4 aromatic carbocycles. The smallest absolute Gasteiger partial charge is 0.338 e. The van der Waals surface area contributed by atoms with Gasteiger partial charge in [0, 0.05) is 30.8 Å². The van der Waals surface area contributed by atoms with E-state index in [4.69, 9.17) is 19.3 Å². The normalized spacial score (nSPS) is 12.3. The second-order valence-electron chi connectivity index (χ2n) is 11.3. The molecular formula is C45H47NO6. The molecule has 0 unspecified atom stereocenters. The molecule has 1 saturated heterocycles. The van der Waals surface area contributed by atoms with Crippen LogP contribution < -0.4 is 0 Å². The Morgan fingerprint density at radius 3 is 1.50 bits per heavy atom. The molecule has 0 atom stereocenters. The van der Waals surface area contributed by atoms with E-state index in [2.05, 4.69) is 52.8 Å². The molecule has 1 aliphatic rings. The van der Waals surface area contributed by atoms with Crippen LogP contribution in [-0.2, 0) is 27.4 Å². The maximum Gasteiger partial charge on any atom is 0.338 e. The van der Waals surface area contributed by atoms with Gasteiger partial charge in [-0.3, -0.25) is 4.90 Å². The number of rotatable bonds is 9. The molecular weight excluding hydrogens is 650 g/mol. The molecule has 0 amide bonds. The predicted molar refractivity (Wildman–Crippen MR) is 208 cm³/mol. The van der Waals surface area contributed by atoms with Crippen molar-refractivity contribution < 1.29 is 28.9 Å². The molecule has 1 fully saturated rings. The van der Waals surface area contributed by atoms with Crippen molar-refractivity contribution >= 4 is 24.1 Å². The molecule has 1 heterocycles. The third kappa shape index (κ3) is 14.3. The first-order valence-electron chi connectivity index (χ1n) is 17.0. The average Bonchev–Trinajstić information content (AvgIpc) is 3.17. The van der Waals surface area contributed by atoms with Gasteiger partial charge >= 0.3 is 11.9 Å². The van der Waals surface area contributed by atoms with Gasteiger partial charge in [-0.2, -0.15) is 0 Å². The summed E-state index contributed by atoms with van der Waals surface area (Å²) in [6.45, 7) is 8.97. The highest BCUT2D eigenvalue weighted by Gasteiger charge is 2.10. The average molecular weight is 698 g/mol. The minimum atomic E-state index is -0.321. The number of morpholine rings is 1. The first kappa shape index (κ1) is 40.7. The molecule has 268 valence electrons. The highest BCUT2D eigenvalue weighted by Crippen LogP contribution is 2.11. The second kappa shape index (κ2) is 22.9. The molecule has 0 spiro atoms. The number of carbonyl (C=O) groups is 2. The zero-order chi connectivity index (χ0) is 36.1. The summed E-state index contributed by atoms with van der Waals surface area (Å²) < 4.78 is 15.3. The second-order valence-corrected chi connectivity index (χ2v) is 11.3. The Bertz CT molecular complexity index is 1860. The fourth-order valence-corrected chi connectivity index (χ4v) is 4.82. The van der Waals surface area contributed by atoms with Gasteiger partial charge in [0.2, 0.25) is 0 Å². The van der Waals surface area contributed by atoms with Crippen molar-refractivity contribution in [1.29, 1.82) is 0 Å². The molecule has 0 radical (unpaired) electrons. The summed E-state index contributed by atoms with van der Waals surface area (Å²) in [5, 5.41) is 8.98. The topological polar surface area (TPSA) is 85.3 Å². The first-order valence-corrected chi connectivity index (χ1v) is 17.0. The van der Waals surface area contributed by atoms with Crippen molar-refractivity contribution in [1.82, 2.24) is 4.90 Å². The highest BCUT2D eigenvalue weighted by atomic mass is 16.5. The number of nitrogens with zero attached hydrogens (tertiary/aromatic N) is 1. The number of esters is 2. The molecule has 0 aliphatic carbocycles. The third-order valence-corrected chi connectivity index (χ3v) is 7.60. The molecule has 7 heteroatoms. The summed E-state index contributed by atoms with van der Waals surface area (Å²) in [5.74, 6) is 11.4. The fraction of sp³-hybridized carbons (Fsp3) is 0.244. The standard InChI is InChI=1S/C24H25NO3.C20H18O3.CH4/c1-2-28-24(26)23-13-11-21(12-14-23)6-4-3-5-20-7-9-22(10-8-20)19-25-15-17-27-18-16-25;1-2-23-20(22)19-13-11-17(12-14-19)6-4-3-5-16-7-9-18(15-21)10-8-16;/h3,5,7-14H,2,15-19H2,1H3;3,5,7-14,21H,2,15H2,1H3;1H4/b2*5-3+;. The zero-order valence-corrected chi connectivity index (χ0v) is 29.1. The Morgan fingerprint density at radius 2 is 1.10 bits per heavy atom. The summed E-state index contributed by atoms with van der Waals surface area (Å²) in [6.07, 6.45) is 7.52. The van der Waals surface area contributed by atoms with E-state index in [1.807, 2.05) is 54.6 Å². The van der Waals surface area contributed by atoms with Crippen LogP contribution in [0, 0.1) is 23.7 Å². The number of hydrogen-bond donors (Lipinski definition) is 1. The van der Waals surface area contributed by atoms with Crippen LogP contribution in [0.5, 0.6) is 0 Å². The molecule has 0 saturated carbocycles. The Hall–Kier alpha value is -5.70. The van der Waals surface area contributed by atoms with Crippen molar-refractivity contribution in [2.24, 2.45) is 0 Å². The Labute approximate surface area is 308 Å². The monoisotopic (exact) mass is 697 g/mol. The minimum absolute atomic E-state index is 0. The van der Waals surface area contributed by atoms with E-state index in [-0.39, 0.29) is 26.0 Å². The van der Waals surface area contributed by atoms with Gasteiger partial charge in [-0.25, -0.2) is 9.59 Å². The molecule has 5 rings (SSSR count). The number of allylic oxidation sites excluding steroid dienone is 2. The summed E-state index contributed by atoms with van der Waals surface area (Å²) in [4.78, 5) is 25.6. The van der Waals surface area contributed by atoms with Crippen molar-refractivity contribution in [3.63, 3.8) is 0 Å². The van der Waals surface area contributed by atoms with E-state index in [1.54, 1.807) is 56.3 Å². The van der Waals surface area contributed by atoms with Crippen molar-refractivity contribution in [3.05, 3.63) is 154 Å². The van der Waals surface area contributed by atoms with Crippen molar-refractivity contribution in [2.75, 3.05) is 39.5 Å². The third-order valence-electron chi connectivity index (χ3n) is 7.60. The van der Waals surface area contributed by atoms with Crippen LogP contribution in [0.3, 0.4) is 0 Å². The number of aliphatic hydroxyl groups excluding tert-OH is 1. The SMILES string of the molecule is C.CCOC(=O)c1ccc(C#C/C=C/c2ccc(CN3CCOCC3)cc2)cc1.CCOC(=O)c1ccc(C#C/C=C/c2ccc(CO)cc2)cc1. The maximum absolute atomic E-state index is 11.6. The molecule has 4 aromatic rings. The fourth-order valence-electron chi connectivity index (χ4n) is 4.82. The van der Waals surface area contributed by atoms with Gasteiger partial charge in [0.05, 0.1) is 44.2 Å². The lowest BCUT2D eigenvalue weighted by Crippen LogP contribution is -2.35. The quantitative estimate of drug-likeness (QED) is 0.141. The van der Waals surface area contributed by atoms with Gasteiger partial charge in [0.25, 0.3) is 0 Å². The lowest BCUT2D eigenvalue weighted by molar-refractivity contribution is 0.0342. The Kier molecular flexibility index (Phi) is 17.9. The van der Waals surface area contributed by atoms with E-state index in [0.29, 0.717) is 24.3 Å². The van der Waals surface area contributed by atoms with Crippen molar-refractivity contribution in [3.8, 4) is 23.7 Å². The largest absolute Gasteiger partial charge is 0.462 e. The lowest BCUT2D eigenvalue weighted by Gasteiger charge is -2.26. The molecule has 0 aromatic heterocycles. The summed E-state index contributed by atoms with van der Waals surface area (Å²) >= 11 is 0. The maximum atomic E-state index is 11.6. The van der Waals surface area contributed by atoms with E-state index >= 15 is 0 Å². The van der Waals surface area contributed by atoms with Crippen LogP contribution in [0.25, 0.3) is 12.2 Å². The lowest BCUT2D eigenvalue weighted by atomic mass is 10.1. The van der Waals surface area contributed by atoms with Crippen LogP contribution in [0.15, 0.2) is 109 Å². The van der Waals surface area contributed by atoms with Gasteiger partial charge in [-0.05, 0) is 109 Å². The van der Waals surface area contributed by atoms with Crippen LogP contribution in [0.4, 0.5) is 0 Å². The zero-order valence-electron chi connectivity index (χ0n) is 29.1. The molecule has 52 heavy (non-hydrogen) atoms. The van der Waals surface area contributed by atoms with Crippen molar-refractivity contribution in [2.45, 2.75) is 34.4 Å². The van der Waals surface area contributed by atoms with Gasteiger partial charge < -0.3 is 19.3 Å². The molecule has 0 bridgehead atoms. The molecule has 1 aliphatic heterocycles.